The summed E-state index contributed by atoms with van der Waals surface area (Å²) in [5, 5.41) is 3.05. The molecule has 88 valence electrons. The Labute approximate surface area is 110 Å². The zero-order chi connectivity index (χ0) is 12.0. The first-order valence-corrected chi connectivity index (χ1v) is 6.48. The molecule has 1 aromatic rings. The first-order chi connectivity index (χ1) is 7.67. The SMILES string of the molecule is O=CCN(CCCl)C(=O)Nc1ncc(Br)s1. The number of carbonyl (C=O) groups excluding carboxylic acids is 2. The van der Waals surface area contributed by atoms with Gasteiger partial charge >= 0.3 is 6.03 Å². The molecule has 0 aliphatic rings. The highest BCUT2D eigenvalue weighted by molar-refractivity contribution is 9.11. The van der Waals surface area contributed by atoms with Gasteiger partial charge in [0.25, 0.3) is 0 Å². The number of anilines is 1. The van der Waals surface area contributed by atoms with Gasteiger partial charge < -0.3 is 9.69 Å². The normalized spacial score (nSPS) is 9.88. The summed E-state index contributed by atoms with van der Waals surface area (Å²) in [5.74, 6) is 0.281. The third-order valence-corrected chi connectivity index (χ3v) is 3.19. The minimum Gasteiger partial charge on any atom is -0.316 e. The maximum Gasteiger partial charge on any atom is 0.324 e. The summed E-state index contributed by atoms with van der Waals surface area (Å²) in [6.45, 7) is 0.337. The number of nitrogens with one attached hydrogen (secondary N) is 1. The van der Waals surface area contributed by atoms with E-state index in [0.29, 0.717) is 18.0 Å². The molecular weight excluding hydrogens is 318 g/mol. The molecule has 0 unspecified atom stereocenters. The summed E-state index contributed by atoms with van der Waals surface area (Å²) in [6, 6.07) is -0.380. The fraction of sp³-hybridized carbons (Fsp3) is 0.375. The molecule has 2 amide bonds. The average Bonchev–Trinajstić information content (AvgIpc) is 2.63. The van der Waals surface area contributed by atoms with Crippen LogP contribution in [0.25, 0.3) is 0 Å². The van der Waals surface area contributed by atoms with Crippen LogP contribution < -0.4 is 5.32 Å². The lowest BCUT2D eigenvalue weighted by molar-refractivity contribution is -0.108. The highest BCUT2D eigenvalue weighted by Gasteiger charge is 2.13. The molecule has 0 aliphatic heterocycles. The molecule has 16 heavy (non-hydrogen) atoms. The molecule has 0 spiro atoms. The minimum absolute atomic E-state index is 0.0189. The van der Waals surface area contributed by atoms with Crippen molar-refractivity contribution in [1.29, 1.82) is 0 Å². The largest absolute Gasteiger partial charge is 0.324 e. The number of nitrogens with zero attached hydrogens (tertiary/aromatic N) is 2. The Morgan fingerprint density at radius 2 is 2.50 bits per heavy atom. The van der Waals surface area contributed by atoms with Crippen LogP contribution in [0.15, 0.2) is 9.98 Å². The monoisotopic (exact) mass is 325 g/mol. The Kier molecular flexibility index (Phi) is 5.72. The molecular formula is C8H9BrClN3O2S. The summed E-state index contributed by atoms with van der Waals surface area (Å²) in [7, 11) is 0. The molecule has 5 nitrogen and oxygen atoms in total. The van der Waals surface area contributed by atoms with Gasteiger partial charge in [0.2, 0.25) is 0 Å². The quantitative estimate of drug-likeness (QED) is 0.666. The van der Waals surface area contributed by atoms with Crippen molar-refractivity contribution in [3.63, 3.8) is 0 Å². The second-order valence-corrected chi connectivity index (χ2v) is 5.49. The fourth-order valence-corrected chi connectivity index (χ4v) is 2.25. The molecule has 1 heterocycles. The molecule has 0 radical (unpaired) electrons. The lowest BCUT2D eigenvalue weighted by atomic mass is 10.5. The maximum atomic E-state index is 11.7. The lowest BCUT2D eigenvalue weighted by Gasteiger charge is -2.18. The van der Waals surface area contributed by atoms with Crippen LogP contribution in [0.4, 0.5) is 9.93 Å². The summed E-state index contributed by atoms with van der Waals surface area (Å²) in [5.41, 5.74) is 0. The van der Waals surface area contributed by atoms with E-state index in [1.165, 1.54) is 16.2 Å². The topological polar surface area (TPSA) is 62.3 Å². The van der Waals surface area contributed by atoms with E-state index in [9.17, 15) is 9.59 Å². The number of thiazole rings is 1. The van der Waals surface area contributed by atoms with E-state index in [-0.39, 0.29) is 18.5 Å². The van der Waals surface area contributed by atoms with E-state index in [1.807, 2.05) is 0 Å². The van der Waals surface area contributed by atoms with Crippen molar-refractivity contribution >= 4 is 56.3 Å². The highest BCUT2D eigenvalue weighted by atomic mass is 79.9. The number of alkyl halides is 1. The average molecular weight is 327 g/mol. The van der Waals surface area contributed by atoms with E-state index in [0.717, 1.165) is 3.79 Å². The van der Waals surface area contributed by atoms with Gasteiger partial charge in [-0.1, -0.05) is 11.3 Å². The van der Waals surface area contributed by atoms with Gasteiger partial charge in [0.05, 0.1) is 16.5 Å². The van der Waals surface area contributed by atoms with Crippen molar-refractivity contribution in [2.24, 2.45) is 0 Å². The molecule has 0 aliphatic carbocycles. The summed E-state index contributed by atoms with van der Waals surface area (Å²) in [4.78, 5) is 27.3. The van der Waals surface area contributed by atoms with Crippen molar-refractivity contribution in [2.45, 2.75) is 0 Å². The van der Waals surface area contributed by atoms with Crippen molar-refractivity contribution in [1.82, 2.24) is 9.88 Å². The number of halogens is 2. The third-order valence-electron chi connectivity index (χ3n) is 1.63. The van der Waals surface area contributed by atoms with E-state index in [1.54, 1.807) is 6.20 Å². The van der Waals surface area contributed by atoms with Crippen LogP contribution in [0.1, 0.15) is 0 Å². The van der Waals surface area contributed by atoms with Crippen LogP contribution in [0.5, 0.6) is 0 Å². The molecule has 0 bridgehead atoms. The smallest absolute Gasteiger partial charge is 0.316 e. The van der Waals surface area contributed by atoms with Gasteiger partial charge in [-0.05, 0) is 15.9 Å². The molecule has 1 aromatic heterocycles. The predicted molar refractivity (Wildman–Crippen MR) is 67.2 cm³/mol. The number of hydrogen-bond donors (Lipinski definition) is 1. The van der Waals surface area contributed by atoms with Gasteiger partial charge in [0.1, 0.15) is 6.29 Å². The van der Waals surface area contributed by atoms with E-state index in [2.05, 4.69) is 26.2 Å². The van der Waals surface area contributed by atoms with Crippen LogP contribution in [0, 0.1) is 0 Å². The number of hydrogen-bond acceptors (Lipinski definition) is 4. The number of urea groups is 1. The van der Waals surface area contributed by atoms with Gasteiger partial charge in [0.15, 0.2) is 5.13 Å². The molecule has 1 N–H and O–H groups in total. The summed E-state index contributed by atoms with van der Waals surface area (Å²) >= 11 is 10.1. The Morgan fingerprint density at radius 3 is 3.00 bits per heavy atom. The van der Waals surface area contributed by atoms with Gasteiger partial charge in [-0.15, -0.1) is 11.6 Å². The number of carbonyl (C=O) groups is 2. The first kappa shape index (κ1) is 13.4. The van der Waals surface area contributed by atoms with E-state index >= 15 is 0 Å². The zero-order valence-corrected chi connectivity index (χ0v) is 11.3. The highest BCUT2D eigenvalue weighted by Crippen LogP contribution is 2.23. The van der Waals surface area contributed by atoms with Gasteiger partial charge in [-0.25, -0.2) is 9.78 Å². The number of rotatable bonds is 5. The Balaban J connectivity index is 2.57. The molecule has 0 fully saturated rings. The Morgan fingerprint density at radius 1 is 1.75 bits per heavy atom. The Bertz CT molecular complexity index is 374. The molecule has 0 saturated carbocycles. The number of amides is 2. The standard InChI is InChI=1S/C8H9BrClN3O2S/c9-6-5-11-7(16-6)12-8(15)13(2-1-10)3-4-14/h4-5H,1-3H2,(H,11,12,15). The Hall–Kier alpha value is -0.660. The second kappa shape index (κ2) is 6.82. The fourth-order valence-electron chi connectivity index (χ4n) is 0.950. The van der Waals surface area contributed by atoms with Crippen LogP contribution in [-0.2, 0) is 4.79 Å². The minimum atomic E-state index is -0.380. The van der Waals surface area contributed by atoms with E-state index in [4.69, 9.17) is 11.6 Å². The van der Waals surface area contributed by atoms with Crippen LogP contribution in [-0.4, -0.2) is 41.2 Å². The first-order valence-electron chi connectivity index (χ1n) is 4.34. The zero-order valence-electron chi connectivity index (χ0n) is 8.15. The van der Waals surface area contributed by atoms with Crippen molar-refractivity contribution in [3.05, 3.63) is 9.98 Å². The second-order valence-electron chi connectivity index (χ2n) is 2.70. The summed E-state index contributed by atoms with van der Waals surface area (Å²) in [6.07, 6.45) is 2.25. The molecule has 8 heteroatoms. The third kappa shape index (κ3) is 4.07. The molecule has 0 saturated heterocycles. The van der Waals surface area contributed by atoms with Gasteiger partial charge in [0, 0.05) is 12.4 Å². The van der Waals surface area contributed by atoms with Gasteiger partial charge in [-0.2, -0.15) is 0 Å². The predicted octanol–water partition coefficient (Wildman–Crippen LogP) is 2.18. The lowest BCUT2D eigenvalue weighted by Crippen LogP contribution is -2.37. The van der Waals surface area contributed by atoms with Crippen LogP contribution >= 0.6 is 38.9 Å². The molecule has 1 rings (SSSR count). The van der Waals surface area contributed by atoms with Crippen LogP contribution in [0.3, 0.4) is 0 Å². The summed E-state index contributed by atoms with van der Waals surface area (Å²) < 4.78 is 0.821. The molecule has 0 atom stereocenters. The van der Waals surface area contributed by atoms with Gasteiger partial charge in [-0.3, -0.25) is 5.32 Å². The van der Waals surface area contributed by atoms with Crippen LogP contribution in [0.2, 0.25) is 0 Å². The number of aromatic nitrogens is 1. The van der Waals surface area contributed by atoms with Crippen molar-refractivity contribution in [2.75, 3.05) is 24.3 Å². The van der Waals surface area contributed by atoms with Crippen molar-refractivity contribution < 1.29 is 9.59 Å². The van der Waals surface area contributed by atoms with E-state index < -0.39 is 0 Å². The number of aldehydes is 1. The van der Waals surface area contributed by atoms with Crippen molar-refractivity contribution in [3.8, 4) is 0 Å². The molecule has 0 aromatic carbocycles. The maximum absolute atomic E-state index is 11.7.